The van der Waals surface area contributed by atoms with E-state index in [-0.39, 0.29) is 23.7 Å². The first-order chi connectivity index (χ1) is 13.8. The highest BCUT2D eigenvalue weighted by Crippen LogP contribution is 2.18. The Balaban J connectivity index is 1.62. The lowest BCUT2D eigenvalue weighted by Gasteiger charge is -2.10. The number of Topliss-reactive ketones (excluding diaryl/α,β-unsaturated/α-hetero) is 1. The van der Waals surface area contributed by atoms with E-state index in [0.717, 1.165) is 17.0 Å². The van der Waals surface area contributed by atoms with E-state index in [0.29, 0.717) is 23.1 Å². The second-order valence-corrected chi connectivity index (χ2v) is 7.10. The molecule has 0 spiro atoms. The molecule has 4 rings (SSSR count). The number of nitrogens with zero attached hydrogens (tertiary/aromatic N) is 5. The molecule has 0 amide bonds. The van der Waals surface area contributed by atoms with E-state index in [1.807, 2.05) is 24.5 Å². The monoisotopic (exact) mass is 393 g/mol. The molecule has 0 N–H and O–H groups in total. The Morgan fingerprint density at radius 2 is 1.90 bits per heavy atom. The largest absolute Gasteiger partial charge is 0.344 e. The number of rotatable bonds is 5. The Bertz CT molecular complexity index is 1280. The molecule has 0 bridgehead atoms. The first-order valence-corrected chi connectivity index (χ1v) is 9.16. The molecule has 0 aliphatic rings. The molecule has 0 saturated heterocycles. The van der Waals surface area contributed by atoms with Gasteiger partial charge in [-0.1, -0.05) is 12.1 Å². The zero-order valence-electron chi connectivity index (χ0n) is 16.4. The molecule has 148 valence electrons. The molecule has 8 heteroatoms. The molecule has 0 fully saturated rings. The summed E-state index contributed by atoms with van der Waals surface area (Å²) in [5, 5.41) is 4.42. The van der Waals surface area contributed by atoms with Crippen LogP contribution in [0.5, 0.6) is 0 Å². The summed E-state index contributed by atoms with van der Waals surface area (Å²) in [4.78, 5) is 29.8. The van der Waals surface area contributed by atoms with E-state index in [2.05, 4.69) is 10.1 Å². The van der Waals surface area contributed by atoms with Gasteiger partial charge in [-0.3, -0.25) is 18.8 Å². The van der Waals surface area contributed by atoms with Gasteiger partial charge < -0.3 is 4.57 Å². The van der Waals surface area contributed by atoms with Gasteiger partial charge in [-0.05, 0) is 37.6 Å². The second-order valence-electron chi connectivity index (χ2n) is 7.10. The summed E-state index contributed by atoms with van der Waals surface area (Å²) in [6, 6.07) is 8.11. The molecule has 0 unspecified atom stereocenters. The van der Waals surface area contributed by atoms with Gasteiger partial charge in [0.25, 0.3) is 5.56 Å². The van der Waals surface area contributed by atoms with Crippen LogP contribution in [-0.4, -0.2) is 29.7 Å². The predicted molar refractivity (Wildman–Crippen MR) is 107 cm³/mol. The smallest absolute Gasteiger partial charge is 0.264 e. The second kappa shape index (κ2) is 7.12. The first-order valence-electron chi connectivity index (χ1n) is 9.16. The Labute approximate surface area is 166 Å². The van der Waals surface area contributed by atoms with Gasteiger partial charge in [0, 0.05) is 30.5 Å². The van der Waals surface area contributed by atoms with Crippen LogP contribution in [0.25, 0.3) is 11.0 Å². The van der Waals surface area contributed by atoms with Gasteiger partial charge in [0.1, 0.15) is 17.5 Å². The molecule has 4 aromatic rings. The predicted octanol–water partition coefficient (Wildman–Crippen LogP) is 2.62. The number of benzene rings is 1. The maximum atomic E-state index is 13.1. The standard InChI is InChI=1S/C21H20FN5O2/c1-13-8-17(14(2)27(13)10-15-4-6-16(22)7-5-15)19(28)11-26-12-23-20-18(21(26)29)9-24-25(20)3/h4-9,12H,10-11H2,1-3H3. The zero-order valence-corrected chi connectivity index (χ0v) is 16.4. The summed E-state index contributed by atoms with van der Waals surface area (Å²) in [6.45, 7) is 4.23. The van der Waals surface area contributed by atoms with Crippen LogP contribution in [0.1, 0.15) is 27.3 Å². The normalized spacial score (nSPS) is 11.3. The van der Waals surface area contributed by atoms with Crippen LogP contribution in [-0.2, 0) is 20.1 Å². The maximum absolute atomic E-state index is 13.1. The van der Waals surface area contributed by atoms with Crippen molar-refractivity contribution < 1.29 is 9.18 Å². The molecule has 3 heterocycles. The van der Waals surface area contributed by atoms with Gasteiger partial charge in [-0.15, -0.1) is 0 Å². The fourth-order valence-corrected chi connectivity index (χ4v) is 3.52. The fourth-order valence-electron chi connectivity index (χ4n) is 3.52. The highest BCUT2D eigenvalue weighted by molar-refractivity contribution is 5.97. The number of hydrogen-bond acceptors (Lipinski definition) is 4. The number of fused-ring (bicyclic) bond motifs is 1. The van der Waals surface area contributed by atoms with Gasteiger partial charge in [0.15, 0.2) is 11.4 Å². The molecule has 0 radical (unpaired) electrons. The lowest BCUT2D eigenvalue weighted by atomic mass is 10.1. The van der Waals surface area contributed by atoms with Crippen LogP contribution >= 0.6 is 0 Å². The minimum atomic E-state index is -0.295. The summed E-state index contributed by atoms with van der Waals surface area (Å²) >= 11 is 0. The van der Waals surface area contributed by atoms with E-state index < -0.39 is 0 Å². The van der Waals surface area contributed by atoms with Crippen molar-refractivity contribution in [2.24, 2.45) is 7.05 Å². The van der Waals surface area contributed by atoms with Gasteiger partial charge in [-0.2, -0.15) is 5.10 Å². The van der Waals surface area contributed by atoms with Crippen LogP contribution in [0.3, 0.4) is 0 Å². The van der Waals surface area contributed by atoms with E-state index in [4.69, 9.17) is 0 Å². The average Bonchev–Trinajstić information content (AvgIpc) is 3.21. The molecule has 3 aromatic heterocycles. The van der Waals surface area contributed by atoms with Crippen LogP contribution in [0, 0.1) is 19.7 Å². The van der Waals surface area contributed by atoms with Crippen molar-refractivity contribution in [3.63, 3.8) is 0 Å². The van der Waals surface area contributed by atoms with Crippen molar-refractivity contribution in [3.8, 4) is 0 Å². The number of aryl methyl sites for hydroxylation is 2. The van der Waals surface area contributed by atoms with E-state index >= 15 is 0 Å². The minimum absolute atomic E-state index is 0.0997. The Morgan fingerprint density at radius 3 is 2.62 bits per heavy atom. The number of ketones is 1. The molecule has 0 atom stereocenters. The maximum Gasteiger partial charge on any atom is 0.264 e. The molecule has 1 aromatic carbocycles. The van der Waals surface area contributed by atoms with Crippen molar-refractivity contribution in [2.75, 3.05) is 0 Å². The van der Waals surface area contributed by atoms with Crippen molar-refractivity contribution in [1.82, 2.24) is 23.9 Å². The number of carbonyl (C=O) groups is 1. The summed E-state index contributed by atoms with van der Waals surface area (Å²) in [6.07, 6.45) is 2.84. The van der Waals surface area contributed by atoms with Crippen LogP contribution < -0.4 is 5.56 Å². The Hall–Kier alpha value is -3.55. The van der Waals surface area contributed by atoms with E-state index in [1.165, 1.54) is 33.9 Å². The van der Waals surface area contributed by atoms with Gasteiger partial charge in [-0.25, -0.2) is 9.37 Å². The van der Waals surface area contributed by atoms with Crippen molar-refractivity contribution in [1.29, 1.82) is 0 Å². The first kappa shape index (κ1) is 18.8. The molecule has 29 heavy (non-hydrogen) atoms. The molecule has 0 aliphatic carbocycles. The topological polar surface area (TPSA) is 74.7 Å². The van der Waals surface area contributed by atoms with Crippen molar-refractivity contribution >= 4 is 16.8 Å². The SMILES string of the molecule is Cc1cc(C(=O)Cn2cnc3c(cnn3C)c2=O)c(C)n1Cc1ccc(F)cc1. The fraction of sp³-hybridized carbons (Fsp3) is 0.238. The van der Waals surface area contributed by atoms with E-state index in [1.54, 1.807) is 19.2 Å². The van der Waals surface area contributed by atoms with Gasteiger partial charge in [0.05, 0.1) is 12.7 Å². The number of aromatic nitrogens is 5. The lowest BCUT2D eigenvalue weighted by Crippen LogP contribution is -2.24. The number of hydrogen-bond donors (Lipinski definition) is 0. The number of halogens is 1. The van der Waals surface area contributed by atoms with Gasteiger partial charge >= 0.3 is 0 Å². The quantitative estimate of drug-likeness (QED) is 0.489. The van der Waals surface area contributed by atoms with E-state index in [9.17, 15) is 14.0 Å². The summed E-state index contributed by atoms with van der Waals surface area (Å²) < 4.78 is 18.0. The molecule has 0 aliphatic heterocycles. The third kappa shape index (κ3) is 3.37. The lowest BCUT2D eigenvalue weighted by molar-refractivity contribution is 0.0970. The molecular formula is C21H20FN5O2. The molecule has 7 nitrogen and oxygen atoms in total. The Morgan fingerprint density at radius 1 is 1.17 bits per heavy atom. The molecular weight excluding hydrogens is 373 g/mol. The number of carbonyl (C=O) groups excluding carboxylic acids is 1. The highest BCUT2D eigenvalue weighted by Gasteiger charge is 2.18. The van der Waals surface area contributed by atoms with Crippen LogP contribution in [0.4, 0.5) is 4.39 Å². The third-order valence-corrected chi connectivity index (χ3v) is 5.16. The summed E-state index contributed by atoms with van der Waals surface area (Å²) in [7, 11) is 1.71. The van der Waals surface area contributed by atoms with Crippen molar-refractivity contribution in [3.05, 3.63) is 81.5 Å². The van der Waals surface area contributed by atoms with Crippen LogP contribution in [0.15, 0.2) is 47.7 Å². The summed E-state index contributed by atoms with van der Waals surface area (Å²) in [5.74, 6) is -0.453. The van der Waals surface area contributed by atoms with Crippen molar-refractivity contribution in [2.45, 2.75) is 26.9 Å². The molecule has 0 saturated carbocycles. The Kier molecular flexibility index (Phi) is 4.62. The summed E-state index contributed by atoms with van der Waals surface area (Å²) in [5.41, 5.74) is 3.41. The van der Waals surface area contributed by atoms with Crippen LogP contribution in [0.2, 0.25) is 0 Å². The average molecular weight is 393 g/mol. The van der Waals surface area contributed by atoms with Gasteiger partial charge in [0.2, 0.25) is 0 Å². The highest BCUT2D eigenvalue weighted by atomic mass is 19.1. The third-order valence-electron chi connectivity index (χ3n) is 5.16. The zero-order chi connectivity index (χ0) is 20.7. The minimum Gasteiger partial charge on any atom is -0.344 e.